The molecule has 2 unspecified atom stereocenters. The number of ketones is 1. The van der Waals surface area contributed by atoms with Crippen LogP contribution in [0.15, 0.2) is 0 Å². The summed E-state index contributed by atoms with van der Waals surface area (Å²) in [6, 6.07) is -0.490. The van der Waals surface area contributed by atoms with Crippen molar-refractivity contribution in [1.82, 2.24) is 0 Å². The van der Waals surface area contributed by atoms with Crippen molar-refractivity contribution in [3.63, 3.8) is 0 Å². The summed E-state index contributed by atoms with van der Waals surface area (Å²) in [7, 11) is 0. The number of carbonyl (C=O) groups excluding carboxylic acids is 2. The molecule has 0 aromatic heterocycles. The number of nitrogens with two attached hydrogens (primary N) is 1. The van der Waals surface area contributed by atoms with Crippen molar-refractivity contribution in [1.29, 1.82) is 0 Å². The van der Waals surface area contributed by atoms with Crippen LogP contribution in [-0.2, 0) is 14.3 Å². The molecule has 0 aliphatic heterocycles. The van der Waals surface area contributed by atoms with Crippen LogP contribution in [0.4, 0.5) is 0 Å². The summed E-state index contributed by atoms with van der Waals surface area (Å²) in [4.78, 5) is 22.8. The van der Waals surface area contributed by atoms with E-state index in [9.17, 15) is 9.59 Å². The minimum atomic E-state index is -0.490. The molecule has 0 spiro atoms. The third kappa shape index (κ3) is 3.63. The van der Waals surface area contributed by atoms with Gasteiger partial charge < -0.3 is 10.5 Å². The smallest absolute Gasteiger partial charge is 0.309 e. The van der Waals surface area contributed by atoms with Crippen molar-refractivity contribution in [3.05, 3.63) is 0 Å². The van der Waals surface area contributed by atoms with Gasteiger partial charge in [-0.05, 0) is 33.6 Å². The van der Waals surface area contributed by atoms with Gasteiger partial charge in [0.2, 0.25) is 0 Å². The molecular weight excluding hydrogens is 194 g/mol. The first-order valence-corrected chi connectivity index (χ1v) is 5.31. The number of Topliss-reactive ketones (excluding diaryl/α,β-unsaturated/α-hetero) is 1. The standard InChI is InChI=1S/C11H19NO3/c1-11(2,3)15-10(14)7-4-5-9(13)8(12)6-7/h7-8H,4-6,12H2,1-3H3. The average Bonchev–Trinajstić information content (AvgIpc) is 2.06. The maximum Gasteiger partial charge on any atom is 0.309 e. The topological polar surface area (TPSA) is 69.4 Å². The summed E-state index contributed by atoms with van der Waals surface area (Å²) < 4.78 is 5.25. The molecule has 4 nitrogen and oxygen atoms in total. The summed E-state index contributed by atoms with van der Waals surface area (Å²) in [6.45, 7) is 5.50. The number of rotatable bonds is 1. The molecule has 0 radical (unpaired) electrons. The van der Waals surface area contributed by atoms with Crippen LogP contribution in [0.3, 0.4) is 0 Å². The van der Waals surface area contributed by atoms with E-state index in [0.29, 0.717) is 19.3 Å². The summed E-state index contributed by atoms with van der Waals surface area (Å²) >= 11 is 0. The van der Waals surface area contributed by atoms with Gasteiger partial charge in [0, 0.05) is 6.42 Å². The molecule has 0 heterocycles. The molecule has 15 heavy (non-hydrogen) atoms. The van der Waals surface area contributed by atoms with E-state index in [1.165, 1.54) is 0 Å². The first-order valence-electron chi connectivity index (χ1n) is 5.31. The highest BCUT2D eigenvalue weighted by molar-refractivity contribution is 5.86. The highest BCUT2D eigenvalue weighted by Gasteiger charge is 2.32. The Kier molecular flexibility index (Phi) is 3.50. The van der Waals surface area contributed by atoms with Gasteiger partial charge in [-0.15, -0.1) is 0 Å². The molecule has 1 saturated carbocycles. The lowest BCUT2D eigenvalue weighted by molar-refractivity contribution is -0.161. The van der Waals surface area contributed by atoms with Gasteiger partial charge in [0.15, 0.2) is 0 Å². The Labute approximate surface area is 90.2 Å². The number of hydrogen-bond acceptors (Lipinski definition) is 4. The summed E-state index contributed by atoms with van der Waals surface area (Å²) in [6.07, 6.45) is 1.39. The Morgan fingerprint density at radius 2 is 2.07 bits per heavy atom. The van der Waals surface area contributed by atoms with E-state index in [-0.39, 0.29) is 17.7 Å². The molecule has 0 bridgehead atoms. The molecule has 0 aromatic rings. The third-order valence-electron chi connectivity index (χ3n) is 2.43. The highest BCUT2D eigenvalue weighted by Crippen LogP contribution is 2.24. The molecule has 4 heteroatoms. The Hall–Kier alpha value is -0.900. The minimum absolute atomic E-state index is 0.0507. The van der Waals surface area contributed by atoms with Gasteiger partial charge in [-0.1, -0.05) is 0 Å². The normalized spacial score (nSPS) is 27.6. The SMILES string of the molecule is CC(C)(C)OC(=O)C1CCC(=O)C(N)C1. The first kappa shape index (κ1) is 12.2. The van der Waals surface area contributed by atoms with Crippen molar-refractivity contribution in [2.75, 3.05) is 0 Å². The van der Waals surface area contributed by atoms with E-state index >= 15 is 0 Å². The van der Waals surface area contributed by atoms with E-state index in [2.05, 4.69) is 0 Å². The monoisotopic (exact) mass is 213 g/mol. The van der Waals surface area contributed by atoms with E-state index < -0.39 is 11.6 Å². The van der Waals surface area contributed by atoms with Crippen LogP contribution in [0.25, 0.3) is 0 Å². The lowest BCUT2D eigenvalue weighted by Crippen LogP contribution is -2.41. The van der Waals surface area contributed by atoms with Crippen molar-refractivity contribution in [2.45, 2.75) is 51.7 Å². The molecule has 0 saturated heterocycles. The molecule has 86 valence electrons. The fraction of sp³-hybridized carbons (Fsp3) is 0.818. The largest absolute Gasteiger partial charge is 0.460 e. The van der Waals surface area contributed by atoms with Crippen LogP contribution in [0.5, 0.6) is 0 Å². The summed E-state index contributed by atoms with van der Waals surface area (Å²) in [5.74, 6) is -0.391. The van der Waals surface area contributed by atoms with Gasteiger partial charge in [0.25, 0.3) is 0 Å². The van der Waals surface area contributed by atoms with Gasteiger partial charge in [0.05, 0.1) is 12.0 Å². The van der Waals surface area contributed by atoms with Gasteiger partial charge in [-0.25, -0.2) is 0 Å². The second-order valence-corrected chi connectivity index (χ2v) is 5.08. The third-order valence-corrected chi connectivity index (χ3v) is 2.43. The Balaban J connectivity index is 2.51. The maximum atomic E-state index is 11.7. The zero-order valence-corrected chi connectivity index (χ0v) is 9.58. The van der Waals surface area contributed by atoms with Crippen molar-refractivity contribution in [3.8, 4) is 0 Å². The van der Waals surface area contributed by atoms with E-state index in [4.69, 9.17) is 10.5 Å². The van der Waals surface area contributed by atoms with Crippen molar-refractivity contribution < 1.29 is 14.3 Å². The maximum absolute atomic E-state index is 11.7. The number of esters is 1. The predicted octanol–water partition coefficient (Wildman–Crippen LogP) is 1.02. The number of hydrogen-bond donors (Lipinski definition) is 1. The predicted molar refractivity (Wildman–Crippen MR) is 56.2 cm³/mol. The summed E-state index contributed by atoms with van der Waals surface area (Å²) in [5, 5.41) is 0. The molecule has 1 aliphatic rings. The molecule has 1 aliphatic carbocycles. The lowest BCUT2D eigenvalue weighted by atomic mass is 9.85. The van der Waals surface area contributed by atoms with E-state index in [1.54, 1.807) is 0 Å². The first-order chi connectivity index (χ1) is 6.79. The molecule has 2 N–H and O–H groups in total. The lowest BCUT2D eigenvalue weighted by Gasteiger charge is -2.27. The number of ether oxygens (including phenoxy) is 1. The fourth-order valence-electron chi connectivity index (χ4n) is 1.66. The second kappa shape index (κ2) is 4.31. The van der Waals surface area contributed by atoms with E-state index in [0.717, 1.165) is 0 Å². The molecule has 2 atom stereocenters. The quantitative estimate of drug-likeness (QED) is 0.660. The Morgan fingerprint density at radius 3 is 2.53 bits per heavy atom. The zero-order valence-electron chi connectivity index (χ0n) is 9.58. The van der Waals surface area contributed by atoms with E-state index in [1.807, 2.05) is 20.8 Å². The van der Waals surface area contributed by atoms with Gasteiger partial charge >= 0.3 is 5.97 Å². The van der Waals surface area contributed by atoms with Crippen LogP contribution in [0.1, 0.15) is 40.0 Å². The molecular formula is C11H19NO3. The van der Waals surface area contributed by atoms with Crippen molar-refractivity contribution in [2.24, 2.45) is 11.7 Å². The molecule has 0 aromatic carbocycles. The zero-order chi connectivity index (χ0) is 11.6. The Morgan fingerprint density at radius 1 is 1.47 bits per heavy atom. The van der Waals surface area contributed by atoms with Crippen LogP contribution < -0.4 is 5.73 Å². The minimum Gasteiger partial charge on any atom is -0.460 e. The Bertz CT molecular complexity index is 267. The second-order valence-electron chi connectivity index (χ2n) is 5.08. The van der Waals surface area contributed by atoms with Crippen LogP contribution in [-0.4, -0.2) is 23.4 Å². The number of carbonyl (C=O) groups is 2. The van der Waals surface area contributed by atoms with Crippen LogP contribution in [0, 0.1) is 5.92 Å². The molecule has 1 rings (SSSR count). The van der Waals surface area contributed by atoms with Crippen LogP contribution >= 0.6 is 0 Å². The van der Waals surface area contributed by atoms with Gasteiger partial charge in [-0.3, -0.25) is 9.59 Å². The van der Waals surface area contributed by atoms with Crippen molar-refractivity contribution >= 4 is 11.8 Å². The highest BCUT2D eigenvalue weighted by atomic mass is 16.6. The fourth-order valence-corrected chi connectivity index (χ4v) is 1.66. The van der Waals surface area contributed by atoms with Gasteiger partial charge in [0.1, 0.15) is 11.4 Å². The van der Waals surface area contributed by atoms with Gasteiger partial charge in [-0.2, -0.15) is 0 Å². The summed E-state index contributed by atoms with van der Waals surface area (Å²) in [5.41, 5.74) is 5.14. The molecule has 1 fully saturated rings. The average molecular weight is 213 g/mol. The molecule has 0 amide bonds. The van der Waals surface area contributed by atoms with Crippen LogP contribution in [0.2, 0.25) is 0 Å².